The zero-order valence-corrected chi connectivity index (χ0v) is 13.7. The van der Waals surface area contributed by atoms with Crippen molar-refractivity contribution in [3.63, 3.8) is 0 Å². The van der Waals surface area contributed by atoms with Crippen molar-refractivity contribution < 1.29 is 13.9 Å². The number of carbonyl (C=O) groups is 1. The maximum absolute atomic E-state index is 13.5. The van der Waals surface area contributed by atoms with Gasteiger partial charge in [0.1, 0.15) is 11.6 Å². The summed E-state index contributed by atoms with van der Waals surface area (Å²) in [5, 5.41) is 3.26. The van der Waals surface area contributed by atoms with Crippen LogP contribution < -0.4 is 10.1 Å². The molecule has 1 aliphatic rings. The lowest BCUT2D eigenvalue weighted by molar-refractivity contribution is -0.136. The molecule has 1 aliphatic heterocycles. The summed E-state index contributed by atoms with van der Waals surface area (Å²) in [6, 6.07) is 13.8. The van der Waals surface area contributed by atoms with E-state index in [0.717, 1.165) is 17.7 Å². The second-order valence-corrected chi connectivity index (χ2v) is 5.96. The third-order valence-electron chi connectivity index (χ3n) is 4.18. The first-order valence-corrected chi connectivity index (χ1v) is 8.08. The van der Waals surface area contributed by atoms with E-state index < -0.39 is 0 Å². The van der Waals surface area contributed by atoms with Crippen LogP contribution in [0.15, 0.2) is 48.5 Å². The highest BCUT2D eigenvalue weighted by Gasteiger charge is 2.28. The van der Waals surface area contributed by atoms with Crippen LogP contribution in [0.5, 0.6) is 5.75 Å². The maximum Gasteiger partial charge on any atom is 0.261 e. The number of aryl methyl sites for hydroxylation is 1. The molecule has 1 N–H and O–H groups in total. The molecule has 1 fully saturated rings. The van der Waals surface area contributed by atoms with Gasteiger partial charge >= 0.3 is 0 Å². The largest absolute Gasteiger partial charge is 0.484 e. The summed E-state index contributed by atoms with van der Waals surface area (Å²) in [6.45, 7) is 3.90. The summed E-state index contributed by atoms with van der Waals surface area (Å²) in [5.41, 5.74) is 1.94. The number of hydrogen-bond acceptors (Lipinski definition) is 3. The molecule has 24 heavy (non-hydrogen) atoms. The zero-order valence-electron chi connectivity index (χ0n) is 13.7. The van der Waals surface area contributed by atoms with Crippen LogP contribution in [0, 0.1) is 12.7 Å². The van der Waals surface area contributed by atoms with Crippen LogP contribution in [0.2, 0.25) is 0 Å². The van der Waals surface area contributed by atoms with E-state index in [1.54, 1.807) is 11.0 Å². The number of benzene rings is 2. The quantitative estimate of drug-likeness (QED) is 0.938. The number of ether oxygens (including phenoxy) is 1. The van der Waals surface area contributed by atoms with E-state index in [0.29, 0.717) is 18.8 Å². The van der Waals surface area contributed by atoms with Crippen molar-refractivity contribution in [1.82, 2.24) is 10.2 Å². The number of nitrogens with zero attached hydrogens (tertiary/aromatic N) is 1. The SMILES string of the molecule is Cc1ccc(OCC(=O)N2CCNCC2c2cccc(F)c2)cc1. The lowest BCUT2D eigenvalue weighted by Gasteiger charge is -2.36. The molecule has 1 amide bonds. The minimum Gasteiger partial charge on any atom is -0.484 e. The van der Waals surface area contributed by atoms with Crippen molar-refractivity contribution >= 4 is 5.91 Å². The molecule has 0 saturated carbocycles. The van der Waals surface area contributed by atoms with E-state index >= 15 is 0 Å². The number of piperazine rings is 1. The Balaban J connectivity index is 1.68. The Hall–Kier alpha value is -2.40. The van der Waals surface area contributed by atoms with Crippen molar-refractivity contribution in [2.45, 2.75) is 13.0 Å². The fourth-order valence-corrected chi connectivity index (χ4v) is 2.88. The topological polar surface area (TPSA) is 41.6 Å². The summed E-state index contributed by atoms with van der Waals surface area (Å²) < 4.78 is 19.1. The first-order valence-electron chi connectivity index (χ1n) is 8.08. The monoisotopic (exact) mass is 328 g/mol. The Morgan fingerprint density at radius 2 is 2.08 bits per heavy atom. The van der Waals surface area contributed by atoms with E-state index in [1.807, 2.05) is 37.3 Å². The van der Waals surface area contributed by atoms with Crippen LogP contribution in [-0.2, 0) is 4.79 Å². The van der Waals surface area contributed by atoms with Crippen LogP contribution in [0.1, 0.15) is 17.2 Å². The molecular formula is C19H21FN2O2. The Labute approximate surface area is 141 Å². The molecular weight excluding hydrogens is 307 g/mol. The molecule has 0 radical (unpaired) electrons. The van der Waals surface area contributed by atoms with E-state index in [4.69, 9.17) is 4.74 Å². The molecule has 0 bridgehead atoms. The normalized spacial score (nSPS) is 17.6. The lowest BCUT2D eigenvalue weighted by Crippen LogP contribution is -2.50. The number of hydrogen-bond donors (Lipinski definition) is 1. The van der Waals surface area contributed by atoms with Gasteiger partial charge in [-0.2, -0.15) is 0 Å². The molecule has 1 saturated heterocycles. The lowest BCUT2D eigenvalue weighted by atomic mass is 10.0. The summed E-state index contributed by atoms with van der Waals surface area (Å²) in [7, 11) is 0. The smallest absolute Gasteiger partial charge is 0.261 e. The average Bonchev–Trinajstić information content (AvgIpc) is 2.61. The summed E-state index contributed by atoms with van der Waals surface area (Å²) in [6.07, 6.45) is 0. The Bertz CT molecular complexity index is 703. The van der Waals surface area contributed by atoms with Gasteiger partial charge in [0, 0.05) is 19.6 Å². The van der Waals surface area contributed by atoms with Crippen LogP contribution in [0.25, 0.3) is 0 Å². The van der Waals surface area contributed by atoms with Crippen molar-refractivity contribution in [2.24, 2.45) is 0 Å². The van der Waals surface area contributed by atoms with E-state index in [1.165, 1.54) is 12.1 Å². The minimum atomic E-state index is -0.290. The maximum atomic E-state index is 13.5. The molecule has 0 aliphatic carbocycles. The molecule has 5 heteroatoms. The van der Waals surface area contributed by atoms with Crippen LogP contribution >= 0.6 is 0 Å². The van der Waals surface area contributed by atoms with E-state index in [-0.39, 0.29) is 24.4 Å². The van der Waals surface area contributed by atoms with Gasteiger partial charge < -0.3 is 15.0 Å². The van der Waals surface area contributed by atoms with E-state index in [9.17, 15) is 9.18 Å². The van der Waals surface area contributed by atoms with Gasteiger partial charge in [-0.3, -0.25) is 4.79 Å². The fraction of sp³-hybridized carbons (Fsp3) is 0.316. The van der Waals surface area contributed by atoms with Gasteiger partial charge in [0.05, 0.1) is 6.04 Å². The molecule has 1 heterocycles. The predicted molar refractivity (Wildman–Crippen MR) is 90.4 cm³/mol. The first-order chi connectivity index (χ1) is 11.6. The van der Waals surface area contributed by atoms with Gasteiger partial charge in [-0.25, -0.2) is 4.39 Å². The molecule has 2 aromatic carbocycles. The van der Waals surface area contributed by atoms with Crippen molar-refractivity contribution in [3.05, 3.63) is 65.5 Å². The highest BCUT2D eigenvalue weighted by atomic mass is 19.1. The molecule has 2 aromatic rings. The number of carbonyl (C=O) groups excluding carboxylic acids is 1. The number of nitrogens with one attached hydrogen (secondary N) is 1. The van der Waals surface area contributed by atoms with Gasteiger partial charge in [0.2, 0.25) is 0 Å². The summed E-state index contributed by atoms with van der Waals surface area (Å²) in [4.78, 5) is 14.3. The van der Waals surface area contributed by atoms with Crippen molar-refractivity contribution in [2.75, 3.05) is 26.2 Å². The minimum absolute atomic E-state index is 0.0190. The standard InChI is InChI=1S/C19H21FN2O2/c1-14-5-7-17(8-6-14)24-13-19(23)22-10-9-21-12-18(22)15-3-2-4-16(20)11-15/h2-8,11,18,21H,9-10,12-13H2,1H3. The van der Waals surface area contributed by atoms with Crippen molar-refractivity contribution in [3.8, 4) is 5.75 Å². The average molecular weight is 328 g/mol. The molecule has 0 spiro atoms. The third-order valence-corrected chi connectivity index (χ3v) is 4.18. The Morgan fingerprint density at radius 1 is 1.29 bits per heavy atom. The third kappa shape index (κ3) is 3.92. The number of rotatable bonds is 4. The predicted octanol–water partition coefficient (Wildman–Crippen LogP) is 2.69. The van der Waals surface area contributed by atoms with Gasteiger partial charge in [-0.05, 0) is 36.8 Å². The molecule has 0 aromatic heterocycles. The van der Waals surface area contributed by atoms with Crippen LogP contribution in [0.3, 0.4) is 0 Å². The van der Waals surface area contributed by atoms with Gasteiger partial charge in [-0.15, -0.1) is 0 Å². The molecule has 3 rings (SSSR count). The van der Waals surface area contributed by atoms with Crippen molar-refractivity contribution in [1.29, 1.82) is 0 Å². The Morgan fingerprint density at radius 3 is 2.83 bits per heavy atom. The molecule has 1 unspecified atom stereocenters. The molecule has 1 atom stereocenters. The van der Waals surface area contributed by atoms with Crippen LogP contribution in [-0.4, -0.2) is 37.0 Å². The Kier molecular flexibility index (Phi) is 5.11. The first kappa shape index (κ1) is 16.5. The summed E-state index contributed by atoms with van der Waals surface area (Å²) >= 11 is 0. The highest BCUT2D eigenvalue weighted by molar-refractivity contribution is 5.78. The second kappa shape index (κ2) is 7.45. The number of amides is 1. The number of halogens is 1. The molecule has 4 nitrogen and oxygen atoms in total. The van der Waals surface area contributed by atoms with Crippen LogP contribution in [0.4, 0.5) is 4.39 Å². The second-order valence-electron chi connectivity index (χ2n) is 5.96. The fourth-order valence-electron chi connectivity index (χ4n) is 2.88. The van der Waals surface area contributed by atoms with Gasteiger partial charge in [-0.1, -0.05) is 29.8 Å². The van der Waals surface area contributed by atoms with Gasteiger partial charge in [0.15, 0.2) is 6.61 Å². The van der Waals surface area contributed by atoms with E-state index in [2.05, 4.69) is 5.32 Å². The zero-order chi connectivity index (χ0) is 16.9. The highest BCUT2D eigenvalue weighted by Crippen LogP contribution is 2.23. The summed E-state index contributed by atoms with van der Waals surface area (Å²) in [5.74, 6) is 0.291. The molecule has 126 valence electrons. The van der Waals surface area contributed by atoms with Gasteiger partial charge in [0.25, 0.3) is 5.91 Å².